The first-order chi connectivity index (χ1) is 16.5. The molecule has 2 aromatic carbocycles. The van der Waals surface area contributed by atoms with E-state index in [2.05, 4.69) is 5.16 Å². The smallest absolute Gasteiger partial charge is 0.377 e. The molecule has 0 fully saturated rings. The fraction of sp³-hybridized carbons (Fsp3) is 0.333. The van der Waals surface area contributed by atoms with Crippen molar-refractivity contribution in [3.63, 3.8) is 0 Å². The quantitative estimate of drug-likeness (QED) is 0.279. The van der Waals surface area contributed by atoms with Gasteiger partial charge in [-0.3, -0.25) is 0 Å². The molecule has 0 saturated heterocycles. The average Bonchev–Trinajstić information content (AvgIpc) is 3.31. The predicted molar refractivity (Wildman–Crippen MR) is 124 cm³/mol. The zero-order valence-electron chi connectivity index (χ0n) is 19.8. The molecular formula is C24H28N2O8. The lowest BCUT2D eigenvalue weighted by molar-refractivity contribution is 0.0460. The highest BCUT2D eigenvalue weighted by Crippen LogP contribution is 2.43. The van der Waals surface area contributed by atoms with E-state index < -0.39 is 5.97 Å². The monoisotopic (exact) mass is 472 g/mol. The van der Waals surface area contributed by atoms with Crippen molar-refractivity contribution in [2.45, 2.75) is 6.92 Å². The second kappa shape index (κ2) is 11.9. The van der Waals surface area contributed by atoms with Crippen molar-refractivity contribution < 1.29 is 37.7 Å². The summed E-state index contributed by atoms with van der Waals surface area (Å²) >= 11 is 0. The van der Waals surface area contributed by atoms with E-state index >= 15 is 0 Å². The van der Waals surface area contributed by atoms with Gasteiger partial charge in [-0.15, -0.1) is 0 Å². The van der Waals surface area contributed by atoms with E-state index in [0.29, 0.717) is 34.3 Å². The fourth-order valence-corrected chi connectivity index (χ4v) is 2.98. The van der Waals surface area contributed by atoms with E-state index in [1.165, 1.54) is 20.3 Å². The maximum absolute atomic E-state index is 12.1. The van der Waals surface area contributed by atoms with Crippen LogP contribution in [0.1, 0.15) is 17.5 Å². The Bertz CT molecular complexity index is 1080. The summed E-state index contributed by atoms with van der Waals surface area (Å²) in [5.74, 6) is 1.05. The van der Waals surface area contributed by atoms with Crippen LogP contribution in [0.3, 0.4) is 0 Å². The second-order valence-corrected chi connectivity index (χ2v) is 7.18. The van der Waals surface area contributed by atoms with Crippen LogP contribution in [0, 0.1) is 0 Å². The number of esters is 1. The molecule has 0 atom stereocenters. The molecule has 1 aromatic heterocycles. The Hall–Kier alpha value is -3.76. The van der Waals surface area contributed by atoms with Gasteiger partial charge in [0.2, 0.25) is 5.76 Å². The van der Waals surface area contributed by atoms with Crippen LogP contribution in [0.2, 0.25) is 0 Å². The summed E-state index contributed by atoms with van der Waals surface area (Å²) < 4.78 is 37.9. The van der Waals surface area contributed by atoms with Crippen LogP contribution < -0.4 is 19.1 Å². The van der Waals surface area contributed by atoms with Gasteiger partial charge < -0.3 is 37.8 Å². The van der Waals surface area contributed by atoms with Crippen molar-refractivity contribution in [1.82, 2.24) is 5.16 Å². The van der Waals surface area contributed by atoms with E-state index in [1.54, 1.807) is 19.1 Å². The summed E-state index contributed by atoms with van der Waals surface area (Å²) in [6.45, 7) is 1.90. The second-order valence-electron chi connectivity index (χ2n) is 7.18. The molecule has 0 amide bonds. The molecule has 0 bridgehead atoms. The van der Waals surface area contributed by atoms with Crippen molar-refractivity contribution >= 4 is 11.7 Å². The number of aromatic nitrogens is 1. The third kappa shape index (κ3) is 6.18. The third-order valence-corrected chi connectivity index (χ3v) is 4.54. The number of benzene rings is 2. The summed E-state index contributed by atoms with van der Waals surface area (Å²) in [5, 5.41) is 4.04. The first kappa shape index (κ1) is 24.9. The Morgan fingerprint density at radius 1 is 0.941 bits per heavy atom. The van der Waals surface area contributed by atoms with Gasteiger partial charge in [0, 0.05) is 52.2 Å². The van der Waals surface area contributed by atoms with Gasteiger partial charge in [0.05, 0.1) is 12.2 Å². The van der Waals surface area contributed by atoms with Crippen LogP contribution in [0.25, 0.3) is 11.3 Å². The first-order valence-electron chi connectivity index (χ1n) is 10.5. The number of carbonyl (C=O) groups is 1. The van der Waals surface area contributed by atoms with Gasteiger partial charge in [-0.05, 0) is 31.2 Å². The van der Waals surface area contributed by atoms with Crippen molar-refractivity contribution in [3.8, 4) is 34.3 Å². The van der Waals surface area contributed by atoms with Gasteiger partial charge in [-0.2, -0.15) is 0 Å². The zero-order chi connectivity index (χ0) is 24.5. The molecule has 0 spiro atoms. The molecule has 0 N–H and O–H groups in total. The average molecular weight is 472 g/mol. The van der Waals surface area contributed by atoms with E-state index in [4.69, 9.17) is 32.9 Å². The number of methoxy groups -OCH3 is 2. The highest BCUT2D eigenvalue weighted by atomic mass is 16.7. The Labute approximate surface area is 197 Å². The van der Waals surface area contributed by atoms with E-state index in [9.17, 15) is 4.79 Å². The number of anilines is 1. The highest BCUT2D eigenvalue weighted by molar-refractivity contribution is 5.88. The number of hydrogen-bond donors (Lipinski definition) is 0. The molecule has 0 saturated carbocycles. The lowest BCUT2D eigenvalue weighted by Gasteiger charge is -2.17. The van der Waals surface area contributed by atoms with Crippen molar-refractivity contribution in [1.29, 1.82) is 0 Å². The first-order valence-corrected chi connectivity index (χ1v) is 10.5. The summed E-state index contributed by atoms with van der Waals surface area (Å²) in [6.07, 6.45) is 0. The van der Waals surface area contributed by atoms with Gasteiger partial charge in [-0.1, -0.05) is 5.16 Å². The van der Waals surface area contributed by atoms with Crippen molar-refractivity contribution in [3.05, 3.63) is 48.2 Å². The maximum Gasteiger partial charge on any atom is 0.377 e. The summed E-state index contributed by atoms with van der Waals surface area (Å²) in [6, 6.07) is 12.3. The van der Waals surface area contributed by atoms with Gasteiger partial charge in [-0.25, -0.2) is 4.79 Å². The SMILES string of the molecule is CCOC(=O)c1cc(-c2c(OCOC)cc(OCOC)cc2Oc2ccc(N(C)C)cc2)no1. The predicted octanol–water partition coefficient (Wildman–Crippen LogP) is 4.34. The van der Waals surface area contributed by atoms with Crippen LogP contribution in [-0.2, 0) is 14.2 Å². The molecule has 1 heterocycles. The minimum atomic E-state index is -0.623. The van der Waals surface area contributed by atoms with Crippen LogP contribution in [-0.4, -0.2) is 59.6 Å². The van der Waals surface area contributed by atoms with E-state index in [1.807, 2.05) is 43.3 Å². The number of nitrogens with zero attached hydrogens (tertiary/aromatic N) is 2. The molecule has 3 rings (SSSR count). The van der Waals surface area contributed by atoms with Crippen molar-refractivity contribution in [2.24, 2.45) is 0 Å². The topological polar surface area (TPSA) is 102 Å². The normalized spacial score (nSPS) is 10.6. The van der Waals surface area contributed by atoms with Crippen LogP contribution in [0.5, 0.6) is 23.0 Å². The summed E-state index contributed by atoms with van der Waals surface area (Å²) in [7, 11) is 6.93. The van der Waals surface area contributed by atoms with Crippen LogP contribution >= 0.6 is 0 Å². The lowest BCUT2D eigenvalue weighted by atomic mass is 10.1. The molecule has 34 heavy (non-hydrogen) atoms. The zero-order valence-corrected chi connectivity index (χ0v) is 19.8. The Kier molecular flexibility index (Phi) is 8.72. The molecule has 182 valence electrons. The molecule has 10 heteroatoms. The molecule has 0 aliphatic rings. The molecule has 0 radical (unpaired) electrons. The fourth-order valence-electron chi connectivity index (χ4n) is 2.98. The summed E-state index contributed by atoms with van der Waals surface area (Å²) in [4.78, 5) is 14.1. The lowest BCUT2D eigenvalue weighted by Crippen LogP contribution is -2.08. The Morgan fingerprint density at radius 2 is 1.62 bits per heavy atom. The molecule has 0 aliphatic carbocycles. The largest absolute Gasteiger partial charge is 0.467 e. The molecule has 10 nitrogen and oxygen atoms in total. The molecule has 0 aliphatic heterocycles. The van der Waals surface area contributed by atoms with Crippen LogP contribution in [0.15, 0.2) is 47.0 Å². The number of rotatable bonds is 12. The summed E-state index contributed by atoms with van der Waals surface area (Å²) in [5.41, 5.74) is 1.77. The minimum absolute atomic E-state index is 0.0248. The van der Waals surface area contributed by atoms with Gasteiger partial charge >= 0.3 is 5.97 Å². The Morgan fingerprint density at radius 3 is 2.26 bits per heavy atom. The van der Waals surface area contributed by atoms with Gasteiger partial charge in [0.25, 0.3) is 0 Å². The molecular weight excluding hydrogens is 444 g/mol. The number of hydrogen-bond acceptors (Lipinski definition) is 10. The number of carbonyl (C=O) groups excluding carboxylic acids is 1. The van der Waals surface area contributed by atoms with Crippen LogP contribution in [0.4, 0.5) is 5.69 Å². The maximum atomic E-state index is 12.1. The van der Waals surface area contributed by atoms with Gasteiger partial charge in [0.15, 0.2) is 13.6 Å². The highest BCUT2D eigenvalue weighted by Gasteiger charge is 2.23. The van der Waals surface area contributed by atoms with Gasteiger partial charge in [0.1, 0.15) is 28.7 Å². The standard InChI is InChI=1S/C24H28N2O8/c1-6-30-24(27)22-13-19(25-34-22)23-20(32-15-29-5)11-18(31-14-28-4)12-21(23)33-17-9-7-16(8-10-17)26(2)3/h7-13H,6,14-15H2,1-5H3. The third-order valence-electron chi connectivity index (χ3n) is 4.54. The molecule has 3 aromatic rings. The van der Waals surface area contributed by atoms with E-state index in [0.717, 1.165) is 5.69 Å². The molecule has 0 unspecified atom stereocenters. The van der Waals surface area contributed by atoms with E-state index in [-0.39, 0.29) is 26.0 Å². The minimum Gasteiger partial charge on any atom is -0.467 e. The number of ether oxygens (including phenoxy) is 6. The van der Waals surface area contributed by atoms with Crippen molar-refractivity contribution in [2.75, 3.05) is 53.4 Å². The Balaban J connectivity index is 2.08.